The van der Waals surface area contributed by atoms with E-state index in [-0.39, 0.29) is 12.0 Å². The summed E-state index contributed by atoms with van der Waals surface area (Å²) in [5, 5.41) is 14.8. The molecular formula is C15H29N3O2. The molecule has 0 aliphatic heterocycles. The highest BCUT2D eigenvalue weighted by molar-refractivity contribution is 5.67. The third-order valence-electron chi connectivity index (χ3n) is 2.93. The molecule has 1 amide bonds. The standard InChI is InChI=1S/C15H29N3O2/c1-11(2)13(9-17-8-12(3)7-16)10-18-14(19)20-15(4,5)6/h11-13,17H,8-10H2,1-6H3,(H,18,19). The van der Waals surface area contributed by atoms with Gasteiger partial charge in [-0.25, -0.2) is 4.79 Å². The summed E-state index contributed by atoms with van der Waals surface area (Å²) in [5.74, 6) is 0.755. The molecule has 5 nitrogen and oxygen atoms in total. The quantitative estimate of drug-likeness (QED) is 0.753. The van der Waals surface area contributed by atoms with Gasteiger partial charge in [0.15, 0.2) is 0 Å². The van der Waals surface area contributed by atoms with Crippen molar-refractivity contribution in [2.45, 2.75) is 47.1 Å². The Morgan fingerprint density at radius 2 is 1.80 bits per heavy atom. The van der Waals surface area contributed by atoms with Crippen molar-refractivity contribution in [2.75, 3.05) is 19.6 Å². The molecule has 20 heavy (non-hydrogen) atoms. The zero-order chi connectivity index (χ0) is 15.8. The first kappa shape index (κ1) is 18.7. The zero-order valence-electron chi connectivity index (χ0n) is 13.6. The van der Waals surface area contributed by atoms with Gasteiger partial charge >= 0.3 is 6.09 Å². The van der Waals surface area contributed by atoms with Crippen LogP contribution in [0.25, 0.3) is 0 Å². The van der Waals surface area contributed by atoms with Gasteiger partial charge in [0.05, 0.1) is 12.0 Å². The number of hydrogen-bond donors (Lipinski definition) is 2. The van der Waals surface area contributed by atoms with Crippen molar-refractivity contribution >= 4 is 6.09 Å². The number of nitrogens with zero attached hydrogens (tertiary/aromatic N) is 1. The molecule has 2 N–H and O–H groups in total. The summed E-state index contributed by atoms with van der Waals surface area (Å²) in [4.78, 5) is 11.6. The number of rotatable bonds is 7. The van der Waals surface area contributed by atoms with Crippen LogP contribution in [0.15, 0.2) is 0 Å². The number of carbonyl (C=O) groups is 1. The van der Waals surface area contributed by atoms with Crippen LogP contribution >= 0.6 is 0 Å². The second-order valence-electron chi connectivity index (χ2n) is 6.58. The summed E-state index contributed by atoms with van der Waals surface area (Å²) in [6.45, 7) is 13.7. The molecule has 2 unspecified atom stereocenters. The molecule has 2 atom stereocenters. The largest absolute Gasteiger partial charge is 0.444 e. The molecule has 0 fully saturated rings. The fourth-order valence-electron chi connectivity index (χ4n) is 1.60. The molecule has 0 saturated heterocycles. The Morgan fingerprint density at radius 1 is 1.20 bits per heavy atom. The molecular weight excluding hydrogens is 254 g/mol. The van der Waals surface area contributed by atoms with E-state index < -0.39 is 5.60 Å². The van der Waals surface area contributed by atoms with Gasteiger partial charge in [0.25, 0.3) is 0 Å². The number of carbonyl (C=O) groups excluding carboxylic acids is 1. The minimum absolute atomic E-state index is 0.00151. The van der Waals surface area contributed by atoms with Crippen molar-refractivity contribution in [2.24, 2.45) is 17.8 Å². The number of nitriles is 1. The molecule has 0 aromatic heterocycles. The highest BCUT2D eigenvalue weighted by Gasteiger charge is 2.19. The second kappa shape index (κ2) is 8.80. The highest BCUT2D eigenvalue weighted by atomic mass is 16.6. The van der Waals surface area contributed by atoms with Crippen LogP contribution in [0.1, 0.15) is 41.5 Å². The van der Waals surface area contributed by atoms with Gasteiger partial charge in [0.1, 0.15) is 5.60 Å². The maximum absolute atomic E-state index is 11.6. The van der Waals surface area contributed by atoms with Gasteiger partial charge in [-0.3, -0.25) is 0 Å². The molecule has 0 aromatic carbocycles. The topological polar surface area (TPSA) is 74.2 Å². The van der Waals surface area contributed by atoms with Crippen LogP contribution in [-0.2, 0) is 4.74 Å². The van der Waals surface area contributed by atoms with Gasteiger partial charge < -0.3 is 15.4 Å². The van der Waals surface area contributed by atoms with Crippen LogP contribution in [0.2, 0.25) is 0 Å². The lowest BCUT2D eigenvalue weighted by atomic mass is 9.95. The van der Waals surface area contributed by atoms with E-state index in [2.05, 4.69) is 30.6 Å². The maximum atomic E-state index is 11.6. The minimum Gasteiger partial charge on any atom is -0.444 e. The molecule has 0 radical (unpaired) electrons. The fourth-order valence-corrected chi connectivity index (χ4v) is 1.60. The Morgan fingerprint density at radius 3 is 2.25 bits per heavy atom. The minimum atomic E-state index is -0.474. The SMILES string of the molecule is CC(C#N)CNCC(CNC(=O)OC(C)(C)C)C(C)C. The lowest BCUT2D eigenvalue weighted by Gasteiger charge is -2.24. The van der Waals surface area contributed by atoms with Crippen molar-refractivity contribution in [3.63, 3.8) is 0 Å². The fraction of sp³-hybridized carbons (Fsp3) is 0.867. The number of amides is 1. The van der Waals surface area contributed by atoms with Gasteiger partial charge in [-0.1, -0.05) is 13.8 Å². The van der Waals surface area contributed by atoms with Gasteiger partial charge in [-0.15, -0.1) is 0 Å². The van der Waals surface area contributed by atoms with Crippen LogP contribution in [-0.4, -0.2) is 31.3 Å². The van der Waals surface area contributed by atoms with Crippen molar-refractivity contribution < 1.29 is 9.53 Å². The van der Waals surface area contributed by atoms with Crippen LogP contribution in [0.5, 0.6) is 0 Å². The van der Waals surface area contributed by atoms with Crippen LogP contribution in [0, 0.1) is 29.1 Å². The average molecular weight is 283 g/mol. The van der Waals surface area contributed by atoms with Crippen LogP contribution < -0.4 is 10.6 Å². The molecule has 0 heterocycles. The van der Waals surface area contributed by atoms with E-state index >= 15 is 0 Å². The van der Waals surface area contributed by atoms with E-state index in [1.165, 1.54) is 0 Å². The number of ether oxygens (including phenoxy) is 1. The monoisotopic (exact) mass is 283 g/mol. The third kappa shape index (κ3) is 9.62. The summed E-state index contributed by atoms with van der Waals surface area (Å²) in [5.41, 5.74) is -0.474. The summed E-state index contributed by atoms with van der Waals surface area (Å²) in [7, 11) is 0. The Hall–Kier alpha value is -1.28. The first-order chi connectivity index (χ1) is 9.15. The smallest absolute Gasteiger partial charge is 0.407 e. The molecule has 5 heteroatoms. The maximum Gasteiger partial charge on any atom is 0.407 e. The van der Waals surface area contributed by atoms with E-state index in [0.29, 0.717) is 24.9 Å². The van der Waals surface area contributed by atoms with E-state index in [9.17, 15) is 4.79 Å². The molecule has 0 aromatic rings. The molecule has 0 spiro atoms. The Bertz CT molecular complexity index is 329. The van der Waals surface area contributed by atoms with Gasteiger partial charge in [0, 0.05) is 13.1 Å². The number of hydrogen-bond acceptors (Lipinski definition) is 4. The summed E-state index contributed by atoms with van der Waals surface area (Å²) in [6.07, 6.45) is -0.381. The van der Waals surface area contributed by atoms with Gasteiger partial charge in [-0.05, 0) is 46.1 Å². The van der Waals surface area contributed by atoms with Crippen molar-refractivity contribution in [3.8, 4) is 6.07 Å². The molecule has 116 valence electrons. The first-order valence-electron chi connectivity index (χ1n) is 7.23. The van der Waals surface area contributed by atoms with Crippen LogP contribution in [0.4, 0.5) is 4.79 Å². The lowest BCUT2D eigenvalue weighted by Crippen LogP contribution is -2.40. The Labute approximate surface area is 123 Å². The third-order valence-corrected chi connectivity index (χ3v) is 2.93. The Kier molecular flexibility index (Phi) is 8.24. The Balaban J connectivity index is 4.10. The van der Waals surface area contributed by atoms with Crippen molar-refractivity contribution in [1.29, 1.82) is 5.26 Å². The normalized spacial score (nSPS) is 14.5. The zero-order valence-corrected chi connectivity index (χ0v) is 13.6. The van der Waals surface area contributed by atoms with E-state index in [0.717, 1.165) is 6.54 Å². The highest BCUT2D eigenvalue weighted by Crippen LogP contribution is 2.10. The number of alkyl carbamates (subject to hydrolysis) is 1. The van der Waals surface area contributed by atoms with E-state index in [4.69, 9.17) is 10.00 Å². The molecule has 0 aliphatic carbocycles. The van der Waals surface area contributed by atoms with Crippen LogP contribution in [0.3, 0.4) is 0 Å². The molecule has 0 rings (SSSR count). The predicted molar refractivity (Wildman–Crippen MR) is 80.2 cm³/mol. The van der Waals surface area contributed by atoms with E-state index in [1.54, 1.807) is 0 Å². The second-order valence-corrected chi connectivity index (χ2v) is 6.58. The molecule has 0 saturated carbocycles. The summed E-state index contributed by atoms with van der Waals surface area (Å²) >= 11 is 0. The summed E-state index contributed by atoms with van der Waals surface area (Å²) < 4.78 is 5.21. The van der Waals surface area contributed by atoms with Crippen molar-refractivity contribution in [3.05, 3.63) is 0 Å². The molecule has 0 bridgehead atoms. The van der Waals surface area contributed by atoms with Gasteiger partial charge in [-0.2, -0.15) is 5.26 Å². The predicted octanol–water partition coefficient (Wildman–Crippen LogP) is 2.53. The number of nitrogens with one attached hydrogen (secondary N) is 2. The average Bonchev–Trinajstić information content (AvgIpc) is 2.30. The summed E-state index contributed by atoms with van der Waals surface area (Å²) in [6, 6.07) is 2.19. The first-order valence-corrected chi connectivity index (χ1v) is 7.23. The van der Waals surface area contributed by atoms with Crippen molar-refractivity contribution in [1.82, 2.24) is 10.6 Å². The van der Waals surface area contributed by atoms with Gasteiger partial charge in [0.2, 0.25) is 0 Å². The lowest BCUT2D eigenvalue weighted by molar-refractivity contribution is 0.0515. The van der Waals surface area contributed by atoms with E-state index in [1.807, 2.05) is 27.7 Å². The molecule has 0 aliphatic rings.